The van der Waals surface area contributed by atoms with E-state index in [1.54, 1.807) is 0 Å². The number of nitrogens with one attached hydrogen (secondary N) is 1. The monoisotopic (exact) mass is 152 g/mol. The van der Waals surface area contributed by atoms with E-state index in [0.29, 0.717) is 0 Å². The highest BCUT2D eigenvalue weighted by molar-refractivity contribution is 4.96. The molecule has 3 fully saturated rings. The van der Waals surface area contributed by atoms with Crippen LogP contribution in [-0.4, -0.2) is 37.1 Å². The average molecular weight is 152 g/mol. The lowest BCUT2D eigenvalue weighted by atomic mass is 10.0. The van der Waals surface area contributed by atoms with Gasteiger partial charge in [-0.05, 0) is 37.8 Å². The predicted octanol–water partition coefficient (Wildman–Crippen LogP) is 0.300. The first-order valence-electron chi connectivity index (χ1n) is 4.88. The fourth-order valence-electron chi connectivity index (χ4n) is 2.63. The topological polar surface area (TPSA) is 15.3 Å². The van der Waals surface area contributed by atoms with Crippen molar-refractivity contribution in [1.82, 2.24) is 10.2 Å². The third-order valence-corrected chi connectivity index (χ3v) is 3.48. The van der Waals surface area contributed by atoms with Gasteiger partial charge in [0.25, 0.3) is 0 Å². The van der Waals surface area contributed by atoms with Crippen LogP contribution in [0.3, 0.4) is 0 Å². The highest BCUT2D eigenvalue weighted by Crippen LogP contribution is 2.35. The maximum absolute atomic E-state index is 3.48. The van der Waals surface area contributed by atoms with Gasteiger partial charge in [0.15, 0.2) is 0 Å². The first-order valence-corrected chi connectivity index (χ1v) is 4.88. The molecule has 0 unspecified atom stereocenters. The molecule has 0 amide bonds. The van der Waals surface area contributed by atoms with Crippen LogP contribution in [0.2, 0.25) is 0 Å². The summed E-state index contributed by atoms with van der Waals surface area (Å²) in [6.07, 6.45) is 2.96. The Hall–Kier alpha value is -0.0800. The first kappa shape index (κ1) is 6.44. The summed E-state index contributed by atoms with van der Waals surface area (Å²) in [6.45, 7) is 5.35. The van der Waals surface area contributed by atoms with Crippen LogP contribution in [0.15, 0.2) is 0 Å². The maximum atomic E-state index is 3.48. The van der Waals surface area contributed by atoms with Gasteiger partial charge in [0, 0.05) is 19.1 Å². The minimum absolute atomic E-state index is 0.996. The Morgan fingerprint density at radius 2 is 1.64 bits per heavy atom. The fourth-order valence-corrected chi connectivity index (χ4v) is 2.63. The SMILES string of the molecule is C1CC1N1C[C@H]2CNC[C@H]2C1. The van der Waals surface area contributed by atoms with Gasteiger partial charge in [0.1, 0.15) is 0 Å². The van der Waals surface area contributed by atoms with Gasteiger partial charge < -0.3 is 5.32 Å². The van der Waals surface area contributed by atoms with Gasteiger partial charge in [-0.25, -0.2) is 0 Å². The largest absolute Gasteiger partial charge is 0.316 e. The van der Waals surface area contributed by atoms with Crippen molar-refractivity contribution in [3.05, 3.63) is 0 Å². The van der Waals surface area contributed by atoms with Gasteiger partial charge in [-0.3, -0.25) is 4.90 Å². The molecule has 62 valence electrons. The third kappa shape index (κ3) is 1.00. The van der Waals surface area contributed by atoms with Crippen LogP contribution in [0.1, 0.15) is 12.8 Å². The van der Waals surface area contributed by atoms with E-state index in [-0.39, 0.29) is 0 Å². The molecule has 2 heteroatoms. The van der Waals surface area contributed by atoms with Crippen LogP contribution in [0, 0.1) is 11.8 Å². The number of rotatable bonds is 1. The fraction of sp³-hybridized carbons (Fsp3) is 1.00. The third-order valence-electron chi connectivity index (χ3n) is 3.48. The van der Waals surface area contributed by atoms with E-state index in [4.69, 9.17) is 0 Å². The zero-order valence-electron chi connectivity index (χ0n) is 6.92. The van der Waals surface area contributed by atoms with Crippen molar-refractivity contribution in [3.63, 3.8) is 0 Å². The second-order valence-electron chi connectivity index (χ2n) is 4.36. The zero-order chi connectivity index (χ0) is 7.26. The standard InChI is InChI=1S/C9H16N2/c1-2-9(1)11-5-7-3-10-4-8(7)6-11/h7-10H,1-6H2/t7-,8+. The Labute approximate surface area is 68.0 Å². The van der Waals surface area contributed by atoms with Crippen LogP contribution in [-0.2, 0) is 0 Å². The van der Waals surface area contributed by atoms with Crippen LogP contribution >= 0.6 is 0 Å². The molecule has 11 heavy (non-hydrogen) atoms. The molecule has 2 nitrogen and oxygen atoms in total. The van der Waals surface area contributed by atoms with Gasteiger partial charge >= 0.3 is 0 Å². The Bertz CT molecular complexity index is 153. The molecule has 1 N–H and O–H groups in total. The molecule has 0 spiro atoms. The highest BCUT2D eigenvalue weighted by atomic mass is 15.2. The van der Waals surface area contributed by atoms with E-state index in [9.17, 15) is 0 Å². The van der Waals surface area contributed by atoms with Gasteiger partial charge in [-0.1, -0.05) is 0 Å². The summed E-state index contributed by atoms with van der Waals surface area (Å²) >= 11 is 0. The molecule has 2 atom stereocenters. The van der Waals surface area contributed by atoms with Crippen LogP contribution in [0.25, 0.3) is 0 Å². The molecule has 2 heterocycles. The van der Waals surface area contributed by atoms with Crippen LogP contribution < -0.4 is 5.32 Å². The van der Waals surface area contributed by atoms with Crippen molar-refractivity contribution in [3.8, 4) is 0 Å². The van der Waals surface area contributed by atoms with E-state index in [2.05, 4.69) is 10.2 Å². The highest BCUT2D eigenvalue weighted by Gasteiger charge is 2.41. The zero-order valence-corrected chi connectivity index (χ0v) is 6.92. The van der Waals surface area contributed by atoms with Crippen molar-refractivity contribution in [2.24, 2.45) is 11.8 Å². The lowest BCUT2D eigenvalue weighted by Gasteiger charge is -2.14. The van der Waals surface area contributed by atoms with Crippen molar-refractivity contribution < 1.29 is 0 Å². The maximum Gasteiger partial charge on any atom is 0.00966 e. The smallest absolute Gasteiger partial charge is 0.00966 e. The molecule has 0 bridgehead atoms. The van der Waals surface area contributed by atoms with E-state index in [0.717, 1.165) is 17.9 Å². The summed E-state index contributed by atoms with van der Waals surface area (Å²) in [5.74, 6) is 1.99. The average Bonchev–Trinajstić information content (AvgIpc) is 2.60. The number of hydrogen-bond donors (Lipinski definition) is 1. The lowest BCUT2D eigenvalue weighted by molar-refractivity contribution is 0.303. The van der Waals surface area contributed by atoms with Gasteiger partial charge in [0.2, 0.25) is 0 Å². The lowest BCUT2D eigenvalue weighted by Crippen LogP contribution is -2.27. The summed E-state index contributed by atoms with van der Waals surface area (Å²) in [5, 5.41) is 3.48. The first-order chi connectivity index (χ1) is 5.43. The van der Waals surface area contributed by atoms with Gasteiger partial charge in [-0.15, -0.1) is 0 Å². The number of hydrogen-bond acceptors (Lipinski definition) is 2. The minimum Gasteiger partial charge on any atom is -0.316 e. The molecule has 0 aromatic carbocycles. The Morgan fingerprint density at radius 1 is 1.00 bits per heavy atom. The van der Waals surface area contributed by atoms with E-state index in [1.807, 2.05) is 0 Å². The van der Waals surface area contributed by atoms with Crippen molar-refractivity contribution >= 4 is 0 Å². The number of likely N-dealkylation sites (tertiary alicyclic amines) is 1. The quantitative estimate of drug-likeness (QED) is 0.581. The van der Waals surface area contributed by atoms with E-state index >= 15 is 0 Å². The summed E-state index contributed by atoms with van der Waals surface area (Å²) in [5.41, 5.74) is 0. The molecule has 2 saturated heterocycles. The van der Waals surface area contributed by atoms with E-state index in [1.165, 1.54) is 39.0 Å². The molecule has 1 aliphatic carbocycles. The van der Waals surface area contributed by atoms with Crippen molar-refractivity contribution in [2.45, 2.75) is 18.9 Å². The van der Waals surface area contributed by atoms with Gasteiger partial charge in [0.05, 0.1) is 0 Å². The second kappa shape index (κ2) is 2.20. The Balaban J connectivity index is 1.67. The second-order valence-corrected chi connectivity index (χ2v) is 4.36. The summed E-state index contributed by atoms with van der Waals surface area (Å²) in [4.78, 5) is 2.72. The number of nitrogens with zero attached hydrogens (tertiary/aromatic N) is 1. The van der Waals surface area contributed by atoms with Crippen molar-refractivity contribution in [1.29, 1.82) is 0 Å². The molecule has 2 aliphatic heterocycles. The Morgan fingerprint density at radius 3 is 2.18 bits per heavy atom. The molecule has 3 aliphatic rings. The molecule has 0 aromatic rings. The van der Waals surface area contributed by atoms with Crippen LogP contribution in [0.5, 0.6) is 0 Å². The molecular weight excluding hydrogens is 136 g/mol. The Kier molecular flexibility index (Phi) is 1.29. The normalized spacial score (nSPS) is 44.7. The predicted molar refractivity (Wildman–Crippen MR) is 44.4 cm³/mol. The van der Waals surface area contributed by atoms with E-state index < -0.39 is 0 Å². The summed E-state index contributed by atoms with van der Waals surface area (Å²) in [7, 11) is 0. The summed E-state index contributed by atoms with van der Waals surface area (Å²) < 4.78 is 0. The molecule has 1 saturated carbocycles. The minimum atomic E-state index is 0.996. The molecule has 3 rings (SSSR count). The molecule has 0 aromatic heterocycles. The summed E-state index contributed by atoms with van der Waals surface area (Å²) in [6, 6.07) is 1.00. The molecular formula is C9H16N2. The van der Waals surface area contributed by atoms with Gasteiger partial charge in [-0.2, -0.15) is 0 Å². The number of fused-ring (bicyclic) bond motifs is 1. The van der Waals surface area contributed by atoms with Crippen molar-refractivity contribution in [2.75, 3.05) is 26.2 Å². The van der Waals surface area contributed by atoms with Crippen LogP contribution in [0.4, 0.5) is 0 Å². The molecule has 0 radical (unpaired) electrons.